The van der Waals surface area contributed by atoms with Crippen LogP contribution < -0.4 is 10.2 Å². The van der Waals surface area contributed by atoms with Crippen molar-refractivity contribution in [1.29, 1.82) is 0 Å². The Morgan fingerprint density at radius 2 is 2.05 bits per heavy atom. The van der Waals surface area contributed by atoms with Gasteiger partial charge in [-0.15, -0.1) is 0 Å². The highest BCUT2D eigenvalue weighted by Gasteiger charge is 2.18. The van der Waals surface area contributed by atoms with Crippen molar-refractivity contribution in [2.75, 3.05) is 23.3 Å². The monoisotopic (exact) mass is 292 g/mol. The third kappa shape index (κ3) is 2.32. The van der Waals surface area contributed by atoms with Crippen molar-refractivity contribution in [3.63, 3.8) is 0 Å². The van der Waals surface area contributed by atoms with Crippen LogP contribution in [-0.2, 0) is 0 Å². The molecule has 6 nitrogen and oxygen atoms in total. The summed E-state index contributed by atoms with van der Waals surface area (Å²) in [6, 6.07) is 8.17. The van der Waals surface area contributed by atoms with E-state index < -0.39 is 0 Å². The van der Waals surface area contributed by atoms with E-state index in [-0.39, 0.29) is 0 Å². The van der Waals surface area contributed by atoms with Crippen LogP contribution in [0.25, 0.3) is 11.0 Å². The summed E-state index contributed by atoms with van der Waals surface area (Å²) in [5.41, 5.74) is 3.68. The van der Waals surface area contributed by atoms with Crippen LogP contribution in [0.3, 0.4) is 0 Å². The van der Waals surface area contributed by atoms with Gasteiger partial charge >= 0.3 is 0 Å². The lowest BCUT2D eigenvalue weighted by Crippen LogP contribution is -2.38. The van der Waals surface area contributed by atoms with Crippen molar-refractivity contribution in [3.05, 3.63) is 42.4 Å². The van der Waals surface area contributed by atoms with Gasteiger partial charge in [-0.1, -0.05) is 12.1 Å². The molecule has 0 radical (unpaired) electrons. The van der Waals surface area contributed by atoms with E-state index >= 15 is 0 Å². The molecule has 3 heterocycles. The van der Waals surface area contributed by atoms with E-state index in [9.17, 15) is 0 Å². The SMILES string of the molecule is Cc1cccc(Nc2ncnc3cnc(N4CCC4)nc23)c1. The molecule has 4 rings (SSSR count). The molecule has 1 N–H and O–H groups in total. The first-order valence-electron chi connectivity index (χ1n) is 7.36. The summed E-state index contributed by atoms with van der Waals surface area (Å²) in [5, 5.41) is 3.33. The average Bonchev–Trinajstić information content (AvgIpc) is 2.46. The maximum absolute atomic E-state index is 4.64. The van der Waals surface area contributed by atoms with E-state index in [1.54, 1.807) is 6.20 Å². The maximum atomic E-state index is 4.64. The van der Waals surface area contributed by atoms with Crippen LogP contribution in [0.15, 0.2) is 36.8 Å². The molecule has 0 aliphatic carbocycles. The number of nitrogens with zero attached hydrogens (tertiary/aromatic N) is 5. The molecule has 22 heavy (non-hydrogen) atoms. The van der Waals surface area contributed by atoms with Crippen molar-refractivity contribution >= 4 is 28.5 Å². The minimum Gasteiger partial charge on any atom is -0.341 e. The van der Waals surface area contributed by atoms with Crippen LogP contribution in [0.4, 0.5) is 17.5 Å². The smallest absolute Gasteiger partial charge is 0.226 e. The molecule has 1 aliphatic heterocycles. The van der Waals surface area contributed by atoms with E-state index in [0.717, 1.165) is 35.8 Å². The molecular formula is C16H16N6. The van der Waals surface area contributed by atoms with E-state index in [2.05, 4.69) is 49.2 Å². The second-order valence-electron chi connectivity index (χ2n) is 5.46. The number of fused-ring (bicyclic) bond motifs is 1. The molecule has 0 amide bonds. The first kappa shape index (κ1) is 12.9. The van der Waals surface area contributed by atoms with Gasteiger partial charge in [-0.3, -0.25) is 0 Å². The third-order valence-electron chi connectivity index (χ3n) is 3.78. The van der Waals surface area contributed by atoms with Gasteiger partial charge in [-0.25, -0.2) is 19.9 Å². The molecule has 6 heteroatoms. The normalized spacial score (nSPS) is 14.0. The Balaban J connectivity index is 1.75. The summed E-state index contributed by atoms with van der Waals surface area (Å²) in [6.07, 6.45) is 4.49. The largest absolute Gasteiger partial charge is 0.341 e. The Hall–Kier alpha value is -2.76. The fourth-order valence-corrected chi connectivity index (χ4v) is 2.46. The van der Waals surface area contributed by atoms with Gasteiger partial charge in [0.25, 0.3) is 0 Å². The molecule has 0 bridgehead atoms. The molecule has 0 unspecified atom stereocenters. The summed E-state index contributed by atoms with van der Waals surface area (Å²) in [4.78, 5) is 19.8. The van der Waals surface area contributed by atoms with E-state index in [0.29, 0.717) is 5.82 Å². The summed E-state index contributed by atoms with van der Waals surface area (Å²) in [5.74, 6) is 1.46. The zero-order valence-corrected chi connectivity index (χ0v) is 12.3. The van der Waals surface area contributed by atoms with E-state index in [1.807, 2.05) is 12.1 Å². The number of benzene rings is 1. The molecule has 3 aromatic rings. The Kier molecular flexibility index (Phi) is 3.07. The number of aromatic nitrogens is 4. The third-order valence-corrected chi connectivity index (χ3v) is 3.78. The highest BCUT2D eigenvalue weighted by Crippen LogP contribution is 2.24. The van der Waals surface area contributed by atoms with Crippen LogP contribution in [0.1, 0.15) is 12.0 Å². The molecule has 1 aliphatic rings. The van der Waals surface area contributed by atoms with Gasteiger partial charge in [-0.2, -0.15) is 0 Å². The fourth-order valence-electron chi connectivity index (χ4n) is 2.46. The van der Waals surface area contributed by atoms with E-state index in [1.165, 1.54) is 18.3 Å². The lowest BCUT2D eigenvalue weighted by molar-refractivity contribution is 0.601. The van der Waals surface area contributed by atoms with Gasteiger partial charge in [0.2, 0.25) is 5.95 Å². The summed E-state index contributed by atoms with van der Waals surface area (Å²) in [7, 11) is 0. The quantitative estimate of drug-likeness (QED) is 0.800. The maximum Gasteiger partial charge on any atom is 0.226 e. The Morgan fingerprint density at radius 1 is 1.14 bits per heavy atom. The minimum absolute atomic E-state index is 0.708. The molecule has 110 valence electrons. The van der Waals surface area contributed by atoms with Crippen LogP contribution >= 0.6 is 0 Å². The van der Waals surface area contributed by atoms with Gasteiger partial charge in [0.05, 0.1) is 6.20 Å². The summed E-state index contributed by atoms with van der Waals surface area (Å²) >= 11 is 0. The van der Waals surface area contributed by atoms with Crippen LogP contribution in [0, 0.1) is 6.92 Å². The number of hydrogen-bond donors (Lipinski definition) is 1. The highest BCUT2D eigenvalue weighted by atomic mass is 15.3. The molecule has 1 saturated heterocycles. The van der Waals surface area contributed by atoms with Gasteiger partial charge in [0.15, 0.2) is 5.82 Å². The van der Waals surface area contributed by atoms with Crippen molar-refractivity contribution in [2.45, 2.75) is 13.3 Å². The van der Waals surface area contributed by atoms with Crippen molar-refractivity contribution in [1.82, 2.24) is 19.9 Å². The molecule has 0 saturated carbocycles. The van der Waals surface area contributed by atoms with Crippen LogP contribution in [0.5, 0.6) is 0 Å². The second kappa shape index (κ2) is 5.22. The number of anilines is 3. The Bertz CT molecular complexity index is 828. The molecule has 1 fully saturated rings. The van der Waals surface area contributed by atoms with Gasteiger partial charge in [-0.05, 0) is 31.0 Å². The summed E-state index contributed by atoms with van der Waals surface area (Å²) in [6.45, 7) is 4.09. The molecular weight excluding hydrogens is 276 g/mol. The van der Waals surface area contributed by atoms with Gasteiger partial charge < -0.3 is 10.2 Å². The predicted molar refractivity (Wildman–Crippen MR) is 86.4 cm³/mol. The fraction of sp³-hybridized carbons (Fsp3) is 0.250. The number of rotatable bonds is 3. The first-order chi connectivity index (χ1) is 10.8. The van der Waals surface area contributed by atoms with Crippen LogP contribution in [-0.4, -0.2) is 33.0 Å². The number of hydrogen-bond acceptors (Lipinski definition) is 6. The predicted octanol–water partition coefficient (Wildman–Crippen LogP) is 2.68. The standard InChI is InChI=1S/C16H16N6/c1-11-4-2-5-12(8-11)20-15-14-13(18-10-19-15)9-17-16(21-14)22-6-3-7-22/h2,4-5,8-10H,3,6-7H2,1H3,(H,18,19,20). The topological polar surface area (TPSA) is 66.8 Å². The Labute approximate surface area is 128 Å². The molecule has 1 aromatic carbocycles. The molecule has 0 spiro atoms. The zero-order valence-electron chi connectivity index (χ0n) is 12.3. The number of nitrogens with one attached hydrogen (secondary N) is 1. The van der Waals surface area contributed by atoms with Gasteiger partial charge in [0, 0.05) is 18.8 Å². The highest BCUT2D eigenvalue weighted by molar-refractivity contribution is 5.87. The zero-order chi connectivity index (χ0) is 14.9. The lowest BCUT2D eigenvalue weighted by Gasteiger charge is -2.30. The first-order valence-corrected chi connectivity index (χ1v) is 7.36. The van der Waals surface area contributed by atoms with Crippen molar-refractivity contribution in [3.8, 4) is 0 Å². The molecule has 0 atom stereocenters. The van der Waals surface area contributed by atoms with Crippen molar-refractivity contribution in [2.24, 2.45) is 0 Å². The van der Waals surface area contributed by atoms with Crippen LogP contribution in [0.2, 0.25) is 0 Å². The van der Waals surface area contributed by atoms with E-state index in [4.69, 9.17) is 0 Å². The molecule has 2 aromatic heterocycles. The second-order valence-corrected chi connectivity index (χ2v) is 5.46. The average molecular weight is 292 g/mol. The minimum atomic E-state index is 0.708. The number of aryl methyl sites for hydroxylation is 1. The van der Waals surface area contributed by atoms with Crippen molar-refractivity contribution < 1.29 is 0 Å². The summed E-state index contributed by atoms with van der Waals surface area (Å²) < 4.78 is 0. The van der Waals surface area contributed by atoms with Gasteiger partial charge in [0.1, 0.15) is 17.4 Å². The lowest BCUT2D eigenvalue weighted by atomic mass is 10.2. The Morgan fingerprint density at radius 3 is 2.82 bits per heavy atom.